The van der Waals surface area contributed by atoms with Gasteiger partial charge in [-0.2, -0.15) is 0 Å². The number of aromatic nitrogens is 2. The summed E-state index contributed by atoms with van der Waals surface area (Å²) in [7, 11) is 0. The van der Waals surface area contributed by atoms with Gasteiger partial charge in [0.25, 0.3) is 0 Å². The molecule has 3 nitrogen and oxygen atoms in total. The summed E-state index contributed by atoms with van der Waals surface area (Å²) in [5.41, 5.74) is 4.34. The van der Waals surface area contributed by atoms with E-state index in [4.69, 9.17) is 0 Å². The number of hydrogen-bond donors (Lipinski definition) is 1. The van der Waals surface area contributed by atoms with E-state index in [1.165, 1.54) is 17.7 Å². The van der Waals surface area contributed by atoms with Crippen molar-refractivity contribution in [1.82, 2.24) is 9.97 Å². The van der Waals surface area contributed by atoms with E-state index >= 15 is 0 Å². The molecule has 0 atom stereocenters. The van der Waals surface area contributed by atoms with Crippen LogP contribution < -0.4 is 5.32 Å². The lowest BCUT2D eigenvalue weighted by Crippen LogP contribution is -1.95. The van der Waals surface area contributed by atoms with Crippen molar-refractivity contribution in [1.29, 1.82) is 0 Å². The Balaban J connectivity index is 1.79. The Hall–Kier alpha value is -2.79. The van der Waals surface area contributed by atoms with Gasteiger partial charge in [-0.05, 0) is 41.8 Å². The lowest BCUT2D eigenvalue weighted by Gasteiger charge is -2.09. The quantitative estimate of drug-likeness (QED) is 0.506. The van der Waals surface area contributed by atoms with E-state index in [-0.39, 0.29) is 5.82 Å². The van der Waals surface area contributed by atoms with Gasteiger partial charge in [0.1, 0.15) is 22.8 Å². The number of rotatable bonds is 4. The monoisotopic (exact) mass is 349 g/mol. The van der Waals surface area contributed by atoms with Gasteiger partial charge in [0.05, 0.1) is 5.39 Å². The first kappa shape index (κ1) is 15.7. The Morgan fingerprint density at radius 2 is 1.76 bits per heavy atom. The lowest BCUT2D eigenvalue weighted by molar-refractivity contribution is 0.628. The van der Waals surface area contributed by atoms with Crippen molar-refractivity contribution < 1.29 is 4.39 Å². The number of nitrogens with zero attached hydrogens (tertiary/aromatic N) is 2. The summed E-state index contributed by atoms with van der Waals surface area (Å²) in [6, 6.07) is 14.8. The van der Waals surface area contributed by atoms with Crippen LogP contribution in [0.1, 0.15) is 12.5 Å². The number of hydrogen-bond acceptors (Lipinski definition) is 4. The highest BCUT2D eigenvalue weighted by molar-refractivity contribution is 7.17. The molecular formula is C20H16FN3S. The van der Waals surface area contributed by atoms with E-state index in [0.717, 1.165) is 39.3 Å². The fourth-order valence-electron chi connectivity index (χ4n) is 2.77. The van der Waals surface area contributed by atoms with Crippen LogP contribution in [0.3, 0.4) is 0 Å². The summed E-state index contributed by atoms with van der Waals surface area (Å²) >= 11 is 1.59. The number of nitrogens with one attached hydrogen (secondary N) is 1. The Bertz CT molecular complexity index is 1010. The van der Waals surface area contributed by atoms with Gasteiger partial charge < -0.3 is 5.32 Å². The predicted molar refractivity (Wildman–Crippen MR) is 102 cm³/mol. The third-order valence-corrected chi connectivity index (χ3v) is 5.04. The summed E-state index contributed by atoms with van der Waals surface area (Å²) in [4.78, 5) is 9.72. The first-order valence-electron chi connectivity index (χ1n) is 8.08. The van der Waals surface area contributed by atoms with Crippen LogP contribution >= 0.6 is 11.3 Å². The standard InChI is InChI=1S/C20H16FN3S/c1-2-13-3-5-14(6-4-13)17-11-25-20-18(17)19(22-12-23-20)24-16-9-7-15(21)8-10-16/h3-12H,2H2,1H3,(H,22,23,24). The van der Waals surface area contributed by atoms with E-state index < -0.39 is 0 Å². The number of halogens is 1. The van der Waals surface area contributed by atoms with Gasteiger partial charge in [0, 0.05) is 16.6 Å². The van der Waals surface area contributed by atoms with Crippen LogP contribution in [0.15, 0.2) is 60.2 Å². The molecular weight excluding hydrogens is 333 g/mol. The van der Waals surface area contributed by atoms with Crippen LogP contribution in [0.5, 0.6) is 0 Å². The molecule has 2 aromatic carbocycles. The molecule has 0 fully saturated rings. The predicted octanol–water partition coefficient (Wildman–Crippen LogP) is 5.80. The van der Waals surface area contributed by atoms with Crippen molar-refractivity contribution in [2.75, 3.05) is 5.32 Å². The van der Waals surface area contributed by atoms with E-state index in [9.17, 15) is 4.39 Å². The topological polar surface area (TPSA) is 37.8 Å². The van der Waals surface area contributed by atoms with E-state index in [1.807, 2.05) is 0 Å². The minimum Gasteiger partial charge on any atom is -0.340 e. The first-order chi connectivity index (χ1) is 12.2. The molecule has 25 heavy (non-hydrogen) atoms. The van der Waals surface area contributed by atoms with E-state index in [0.29, 0.717) is 0 Å². The minimum atomic E-state index is -0.259. The van der Waals surface area contributed by atoms with Crippen molar-refractivity contribution in [3.8, 4) is 11.1 Å². The van der Waals surface area contributed by atoms with Gasteiger partial charge in [-0.25, -0.2) is 14.4 Å². The molecule has 2 aromatic heterocycles. The van der Waals surface area contributed by atoms with Gasteiger partial charge in [0.15, 0.2) is 0 Å². The second-order valence-corrected chi connectivity index (χ2v) is 6.59. The fraction of sp³-hybridized carbons (Fsp3) is 0.100. The largest absolute Gasteiger partial charge is 0.340 e. The highest BCUT2D eigenvalue weighted by atomic mass is 32.1. The molecule has 0 aliphatic rings. The van der Waals surface area contributed by atoms with Crippen LogP contribution in [0, 0.1) is 5.82 Å². The van der Waals surface area contributed by atoms with Crippen LogP contribution in [-0.2, 0) is 6.42 Å². The molecule has 0 aliphatic carbocycles. The Labute approximate surface area is 149 Å². The van der Waals surface area contributed by atoms with Gasteiger partial charge in [0.2, 0.25) is 0 Å². The molecule has 0 unspecified atom stereocenters. The summed E-state index contributed by atoms with van der Waals surface area (Å²) in [6.07, 6.45) is 2.57. The van der Waals surface area contributed by atoms with Crippen molar-refractivity contribution in [3.63, 3.8) is 0 Å². The third kappa shape index (κ3) is 3.10. The fourth-order valence-corrected chi connectivity index (χ4v) is 3.69. The number of aryl methyl sites for hydroxylation is 1. The molecule has 5 heteroatoms. The molecule has 0 amide bonds. The third-order valence-electron chi connectivity index (χ3n) is 4.15. The maximum absolute atomic E-state index is 13.1. The molecule has 124 valence electrons. The number of fused-ring (bicyclic) bond motifs is 1. The average Bonchev–Trinajstić information content (AvgIpc) is 3.09. The molecule has 0 radical (unpaired) electrons. The smallest absolute Gasteiger partial charge is 0.143 e. The molecule has 0 aliphatic heterocycles. The van der Waals surface area contributed by atoms with Gasteiger partial charge in [-0.15, -0.1) is 11.3 Å². The van der Waals surface area contributed by atoms with E-state index in [2.05, 4.69) is 51.9 Å². The Kier molecular flexibility index (Phi) is 4.15. The van der Waals surface area contributed by atoms with Crippen LogP contribution in [0.25, 0.3) is 21.3 Å². The van der Waals surface area contributed by atoms with E-state index in [1.54, 1.807) is 29.8 Å². The van der Waals surface area contributed by atoms with Gasteiger partial charge >= 0.3 is 0 Å². The Morgan fingerprint density at radius 1 is 1.00 bits per heavy atom. The average molecular weight is 349 g/mol. The maximum atomic E-state index is 13.1. The lowest BCUT2D eigenvalue weighted by atomic mass is 10.0. The van der Waals surface area contributed by atoms with Crippen molar-refractivity contribution in [2.24, 2.45) is 0 Å². The summed E-state index contributed by atoms with van der Waals surface area (Å²) in [5.74, 6) is 0.470. The molecule has 0 saturated carbocycles. The van der Waals surface area contributed by atoms with Gasteiger partial charge in [-0.1, -0.05) is 31.2 Å². The molecule has 4 aromatic rings. The van der Waals surface area contributed by atoms with Crippen LogP contribution in [-0.4, -0.2) is 9.97 Å². The minimum absolute atomic E-state index is 0.259. The molecule has 0 saturated heterocycles. The zero-order chi connectivity index (χ0) is 17.2. The molecule has 0 spiro atoms. The second-order valence-electron chi connectivity index (χ2n) is 5.73. The highest BCUT2D eigenvalue weighted by Gasteiger charge is 2.13. The molecule has 4 rings (SSSR count). The van der Waals surface area contributed by atoms with Crippen LogP contribution in [0.4, 0.5) is 15.9 Å². The number of benzene rings is 2. The molecule has 1 N–H and O–H groups in total. The Morgan fingerprint density at radius 3 is 2.48 bits per heavy atom. The van der Waals surface area contributed by atoms with Crippen molar-refractivity contribution >= 4 is 33.1 Å². The number of anilines is 2. The summed E-state index contributed by atoms with van der Waals surface area (Å²) in [5, 5.41) is 6.38. The molecule has 2 heterocycles. The zero-order valence-corrected chi connectivity index (χ0v) is 14.5. The summed E-state index contributed by atoms with van der Waals surface area (Å²) < 4.78 is 13.1. The second kappa shape index (κ2) is 6.61. The van der Waals surface area contributed by atoms with Crippen molar-refractivity contribution in [2.45, 2.75) is 13.3 Å². The maximum Gasteiger partial charge on any atom is 0.143 e. The van der Waals surface area contributed by atoms with Crippen molar-refractivity contribution in [3.05, 3.63) is 71.6 Å². The molecule has 0 bridgehead atoms. The normalized spacial score (nSPS) is 11.0. The SMILES string of the molecule is CCc1ccc(-c2csc3ncnc(Nc4ccc(F)cc4)c23)cc1. The first-order valence-corrected chi connectivity index (χ1v) is 8.96. The summed E-state index contributed by atoms with van der Waals surface area (Å²) in [6.45, 7) is 2.15. The van der Waals surface area contributed by atoms with Gasteiger partial charge in [-0.3, -0.25) is 0 Å². The number of thiophene rings is 1. The highest BCUT2D eigenvalue weighted by Crippen LogP contribution is 2.37. The van der Waals surface area contributed by atoms with Crippen LogP contribution in [0.2, 0.25) is 0 Å². The zero-order valence-electron chi connectivity index (χ0n) is 13.7.